The zero-order valence-corrected chi connectivity index (χ0v) is 23.4. The quantitative estimate of drug-likeness (QED) is 0.214. The SMILES string of the molecule is CC(C(=O)O)N(C)P(=O)(Oc1ccccc1)OC1CC(CO)OC1n1cnc2c(NC(=O)c3ccncc3)ncnc21. The van der Waals surface area contributed by atoms with Crippen molar-refractivity contribution in [1.29, 1.82) is 0 Å². The lowest BCUT2D eigenvalue weighted by Gasteiger charge is -2.32. The molecule has 1 aromatic carbocycles. The molecule has 4 aromatic rings. The molecular formula is C26H28N7O8P. The number of likely N-dealkylation sites (N-methyl/N-ethyl adjacent to an activating group) is 1. The van der Waals surface area contributed by atoms with Crippen LogP contribution in [0.3, 0.4) is 0 Å². The van der Waals surface area contributed by atoms with Gasteiger partial charge in [-0.05, 0) is 38.2 Å². The number of hydrogen-bond donors (Lipinski definition) is 3. The number of para-hydroxylation sites is 1. The van der Waals surface area contributed by atoms with E-state index in [1.807, 2.05) is 0 Å². The highest BCUT2D eigenvalue weighted by Gasteiger charge is 2.47. The van der Waals surface area contributed by atoms with Crippen molar-refractivity contribution < 1.29 is 38.2 Å². The van der Waals surface area contributed by atoms with Crippen molar-refractivity contribution in [2.45, 2.75) is 37.8 Å². The van der Waals surface area contributed by atoms with Gasteiger partial charge in [0.25, 0.3) is 5.91 Å². The fraction of sp³-hybridized carbons (Fsp3) is 0.308. The molecule has 16 heteroatoms. The van der Waals surface area contributed by atoms with Crippen LogP contribution < -0.4 is 9.84 Å². The number of benzene rings is 1. The highest BCUT2D eigenvalue weighted by atomic mass is 31.2. The topological polar surface area (TPSA) is 191 Å². The molecule has 0 saturated carbocycles. The van der Waals surface area contributed by atoms with Gasteiger partial charge >= 0.3 is 13.7 Å². The highest BCUT2D eigenvalue weighted by molar-refractivity contribution is 7.51. The molecule has 0 aliphatic carbocycles. The minimum Gasteiger partial charge on any atom is -0.480 e. The van der Waals surface area contributed by atoms with Crippen LogP contribution in [0.15, 0.2) is 67.5 Å². The number of carbonyl (C=O) groups is 2. The molecule has 220 valence electrons. The van der Waals surface area contributed by atoms with Gasteiger partial charge in [-0.15, -0.1) is 0 Å². The molecule has 1 aliphatic heterocycles. The number of carboxylic acid groups (broad SMARTS) is 1. The molecule has 4 heterocycles. The molecule has 3 aromatic heterocycles. The fourth-order valence-corrected chi connectivity index (χ4v) is 6.07. The second-order valence-corrected chi connectivity index (χ2v) is 11.4. The Labute approximate surface area is 239 Å². The monoisotopic (exact) mass is 597 g/mol. The van der Waals surface area contributed by atoms with Gasteiger partial charge in [0, 0.05) is 24.4 Å². The number of aliphatic hydroxyl groups excluding tert-OH is 1. The summed E-state index contributed by atoms with van der Waals surface area (Å²) in [5, 5.41) is 22.2. The average Bonchev–Trinajstić information content (AvgIpc) is 3.61. The van der Waals surface area contributed by atoms with Crippen LogP contribution in [0.1, 0.15) is 29.9 Å². The molecule has 0 radical (unpaired) electrons. The summed E-state index contributed by atoms with van der Waals surface area (Å²) in [7, 11) is -3.00. The van der Waals surface area contributed by atoms with Crippen molar-refractivity contribution in [2.75, 3.05) is 19.0 Å². The molecule has 1 fully saturated rings. The number of carbonyl (C=O) groups excluding carboxylic acids is 1. The van der Waals surface area contributed by atoms with Crippen LogP contribution in [-0.2, 0) is 18.6 Å². The summed E-state index contributed by atoms with van der Waals surface area (Å²) in [6.07, 6.45) is 2.99. The van der Waals surface area contributed by atoms with Gasteiger partial charge < -0.3 is 24.8 Å². The number of nitrogens with one attached hydrogen (secondary N) is 1. The number of fused-ring (bicyclic) bond motifs is 1. The number of amides is 1. The average molecular weight is 598 g/mol. The summed E-state index contributed by atoms with van der Waals surface area (Å²) < 4.78 is 34.7. The van der Waals surface area contributed by atoms with Crippen molar-refractivity contribution in [3.05, 3.63) is 73.1 Å². The lowest BCUT2D eigenvalue weighted by atomic mass is 10.2. The van der Waals surface area contributed by atoms with Crippen molar-refractivity contribution in [3.63, 3.8) is 0 Å². The van der Waals surface area contributed by atoms with Gasteiger partial charge in [-0.1, -0.05) is 18.2 Å². The number of imidazole rings is 1. The summed E-state index contributed by atoms with van der Waals surface area (Å²) in [5.74, 6) is -1.32. The largest absolute Gasteiger partial charge is 0.480 e. The Kier molecular flexibility index (Phi) is 8.56. The van der Waals surface area contributed by atoms with E-state index in [-0.39, 0.29) is 35.8 Å². The summed E-state index contributed by atoms with van der Waals surface area (Å²) >= 11 is 0. The van der Waals surface area contributed by atoms with E-state index in [1.165, 1.54) is 43.6 Å². The summed E-state index contributed by atoms with van der Waals surface area (Å²) in [6, 6.07) is 10.1. The van der Waals surface area contributed by atoms with E-state index in [2.05, 4.69) is 25.3 Å². The van der Waals surface area contributed by atoms with Gasteiger partial charge in [0.15, 0.2) is 23.2 Å². The molecule has 0 bridgehead atoms. The lowest BCUT2D eigenvalue weighted by molar-refractivity contribution is -0.141. The molecule has 0 spiro atoms. The number of pyridine rings is 1. The fourth-order valence-electron chi connectivity index (χ4n) is 4.30. The first-order valence-corrected chi connectivity index (χ1v) is 14.3. The maximum absolute atomic E-state index is 14.3. The maximum Gasteiger partial charge on any atom is 0.462 e. The summed E-state index contributed by atoms with van der Waals surface area (Å²) in [5.41, 5.74) is 0.872. The summed E-state index contributed by atoms with van der Waals surface area (Å²) in [6.45, 7) is 0.990. The minimum absolute atomic E-state index is 0.0923. The third-order valence-corrected chi connectivity index (χ3v) is 8.79. The van der Waals surface area contributed by atoms with Gasteiger partial charge in [-0.2, -0.15) is 4.67 Å². The van der Waals surface area contributed by atoms with Crippen LogP contribution in [0.4, 0.5) is 5.82 Å². The van der Waals surface area contributed by atoms with E-state index in [0.717, 1.165) is 4.67 Å². The Morgan fingerprint density at radius 1 is 1.19 bits per heavy atom. The molecule has 5 unspecified atom stereocenters. The van der Waals surface area contributed by atoms with Gasteiger partial charge in [-0.3, -0.25) is 23.7 Å². The third-order valence-electron chi connectivity index (χ3n) is 6.69. The van der Waals surface area contributed by atoms with E-state index < -0.39 is 44.1 Å². The number of nitrogens with zero attached hydrogens (tertiary/aromatic N) is 6. The second-order valence-electron chi connectivity index (χ2n) is 9.41. The zero-order valence-electron chi connectivity index (χ0n) is 22.5. The molecule has 1 aliphatic rings. The van der Waals surface area contributed by atoms with Gasteiger partial charge in [-0.25, -0.2) is 19.5 Å². The first kappa shape index (κ1) is 29.2. The van der Waals surface area contributed by atoms with Crippen LogP contribution in [0.5, 0.6) is 5.75 Å². The molecule has 5 atom stereocenters. The van der Waals surface area contributed by atoms with E-state index >= 15 is 0 Å². The first-order valence-electron chi connectivity index (χ1n) is 12.8. The van der Waals surface area contributed by atoms with Crippen molar-refractivity contribution in [3.8, 4) is 5.75 Å². The summed E-state index contributed by atoms with van der Waals surface area (Å²) in [4.78, 5) is 41.2. The Hall–Kier alpha value is -4.27. The molecular weight excluding hydrogens is 569 g/mol. The number of hydrogen-bond acceptors (Lipinski definition) is 11. The number of aliphatic carboxylic acids is 1. The van der Waals surface area contributed by atoms with E-state index in [0.29, 0.717) is 5.56 Å². The highest BCUT2D eigenvalue weighted by Crippen LogP contribution is 2.55. The van der Waals surface area contributed by atoms with Crippen molar-refractivity contribution >= 4 is 36.6 Å². The number of aliphatic hydroxyl groups is 1. The minimum atomic E-state index is -4.33. The predicted molar refractivity (Wildman–Crippen MR) is 148 cm³/mol. The van der Waals surface area contributed by atoms with Crippen LogP contribution in [0.2, 0.25) is 0 Å². The normalized spacial score (nSPS) is 20.7. The third kappa shape index (κ3) is 6.00. The second kappa shape index (κ2) is 12.3. The van der Waals surface area contributed by atoms with Crippen LogP contribution in [0, 0.1) is 0 Å². The number of anilines is 1. The lowest BCUT2D eigenvalue weighted by Crippen LogP contribution is -2.37. The van der Waals surface area contributed by atoms with Crippen LogP contribution >= 0.6 is 7.75 Å². The maximum atomic E-state index is 14.3. The standard InChI is InChI=1S/C26H28N7O8P/c1-16(26(36)37)32(2)42(38,40-18-6-4-3-5-7-18)41-20-12-19(13-34)39-25(20)33-15-30-21-22(28-14-29-23(21)33)31-24(35)17-8-10-27-11-9-17/h3-11,14-16,19-20,25,34H,12-13H2,1-2H3,(H,36,37)(H,28,29,31,35). The van der Waals surface area contributed by atoms with Crippen LogP contribution in [-0.4, -0.2) is 83.2 Å². The Balaban J connectivity index is 1.47. The van der Waals surface area contributed by atoms with Crippen molar-refractivity contribution in [2.24, 2.45) is 0 Å². The molecule has 15 nitrogen and oxygen atoms in total. The number of rotatable bonds is 11. The number of aromatic nitrogens is 5. The van der Waals surface area contributed by atoms with Gasteiger partial charge in [0.1, 0.15) is 24.2 Å². The van der Waals surface area contributed by atoms with Gasteiger partial charge in [0.2, 0.25) is 0 Å². The Morgan fingerprint density at radius 3 is 2.62 bits per heavy atom. The first-order chi connectivity index (χ1) is 20.2. The zero-order chi connectivity index (χ0) is 29.9. The Morgan fingerprint density at radius 2 is 1.93 bits per heavy atom. The van der Waals surface area contributed by atoms with Crippen molar-refractivity contribution in [1.82, 2.24) is 29.2 Å². The number of ether oxygens (including phenoxy) is 1. The Bertz CT molecular complexity index is 1610. The molecule has 1 saturated heterocycles. The molecule has 42 heavy (non-hydrogen) atoms. The van der Waals surface area contributed by atoms with E-state index in [1.54, 1.807) is 42.5 Å². The van der Waals surface area contributed by atoms with Crippen LogP contribution in [0.25, 0.3) is 11.2 Å². The molecule has 3 N–H and O–H groups in total. The van der Waals surface area contributed by atoms with E-state index in [9.17, 15) is 24.4 Å². The molecule has 5 rings (SSSR count). The smallest absolute Gasteiger partial charge is 0.462 e. The molecule has 1 amide bonds. The number of carboxylic acids is 1. The predicted octanol–water partition coefficient (Wildman–Crippen LogP) is 2.73. The van der Waals surface area contributed by atoms with Gasteiger partial charge in [0.05, 0.1) is 19.0 Å². The van der Waals surface area contributed by atoms with E-state index in [4.69, 9.17) is 13.8 Å².